The summed E-state index contributed by atoms with van der Waals surface area (Å²) in [4.78, 5) is 25.6. The molecular formula is C28H26BrClF2N2O2. The Kier molecular flexibility index (Phi) is 8.75. The molecule has 4 nitrogen and oxygen atoms in total. The first-order valence-electron chi connectivity index (χ1n) is 11.8. The van der Waals surface area contributed by atoms with Gasteiger partial charge in [0.05, 0.1) is 6.04 Å². The number of alkyl halides is 1. The smallest absolute Gasteiger partial charge is 0.235 e. The van der Waals surface area contributed by atoms with Crippen LogP contribution in [0, 0.1) is 17.6 Å². The molecule has 1 aliphatic carbocycles. The van der Waals surface area contributed by atoms with Crippen LogP contribution >= 0.6 is 27.5 Å². The molecule has 8 heteroatoms. The van der Waals surface area contributed by atoms with Crippen molar-refractivity contribution in [2.75, 3.05) is 5.88 Å². The summed E-state index contributed by atoms with van der Waals surface area (Å²) in [7, 11) is 0. The first-order valence-corrected chi connectivity index (χ1v) is 13.1. The van der Waals surface area contributed by atoms with Crippen molar-refractivity contribution in [1.29, 1.82) is 0 Å². The highest BCUT2D eigenvalue weighted by Crippen LogP contribution is 2.38. The molecule has 3 aromatic rings. The molecule has 0 saturated heterocycles. The van der Waals surface area contributed by atoms with E-state index in [1.807, 2.05) is 24.3 Å². The fraction of sp³-hybridized carbons (Fsp3) is 0.286. The van der Waals surface area contributed by atoms with E-state index in [1.54, 1.807) is 24.3 Å². The third-order valence-corrected chi connectivity index (χ3v) is 7.45. The molecule has 3 atom stereocenters. The highest BCUT2D eigenvalue weighted by Gasteiger charge is 2.36. The lowest BCUT2D eigenvalue weighted by molar-refractivity contribution is -0.126. The van der Waals surface area contributed by atoms with Gasteiger partial charge in [-0.15, -0.1) is 11.6 Å². The Bertz CT molecular complexity index is 1140. The van der Waals surface area contributed by atoms with Crippen LogP contribution < -0.4 is 10.6 Å². The van der Waals surface area contributed by atoms with Crippen LogP contribution in [0.25, 0.3) is 0 Å². The Morgan fingerprint density at radius 3 is 1.97 bits per heavy atom. The number of hydrogen-bond acceptors (Lipinski definition) is 2. The standard InChI is InChI=1S/C28H26BrClF2N2O2/c29-21-8-1-17(2-9-21)24-15-20(7-14-25(24)33-26(35)16-30)28(36)34-27(18-3-10-22(31)11-4-18)19-5-12-23(32)13-6-19/h1-6,8-13,20,24-25,27H,7,14-16H2,(H,33,35)(H,34,36)/t20-,24-,25-/m1/s1. The van der Waals surface area contributed by atoms with Crippen molar-refractivity contribution < 1.29 is 18.4 Å². The predicted molar refractivity (Wildman–Crippen MR) is 140 cm³/mol. The van der Waals surface area contributed by atoms with Crippen LogP contribution in [0.2, 0.25) is 0 Å². The van der Waals surface area contributed by atoms with E-state index < -0.39 is 6.04 Å². The van der Waals surface area contributed by atoms with E-state index in [2.05, 4.69) is 26.6 Å². The maximum Gasteiger partial charge on any atom is 0.235 e. The lowest BCUT2D eigenvalue weighted by Crippen LogP contribution is -2.46. The van der Waals surface area contributed by atoms with Gasteiger partial charge in [0, 0.05) is 22.4 Å². The molecule has 0 bridgehead atoms. The largest absolute Gasteiger partial charge is 0.352 e. The summed E-state index contributed by atoms with van der Waals surface area (Å²) >= 11 is 9.18. The van der Waals surface area contributed by atoms with Crippen LogP contribution in [0.1, 0.15) is 47.9 Å². The zero-order valence-electron chi connectivity index (χ0n) is 19.4. The van der Waals surface area contributed by atoms with Crippen LogP contribution in [-0.2, 0) is 9.59 Å². The minimum atomic E-state index is -0.557. The molecule has 0 radical (unpaired) electrons. The molecule has 0 heterocycles. The van der Waals surface area contributed by atoms with Gasteiger partial charge in [0.25, 0.3) is 0 Å². The number of halogens is 4. The maximum absolute atomic E-state index is 13.6. The summed E-state index contributed by atoms with van der Waals surface area (Å²) in [5, 5.41) is 6.12. The van der Waals surface area contributed by atoms with E-state index in [9.17, 15) is 18.4 Å². The zero-order valence-corrected chi connectivity index (χ0v) is 21.7. The Labute approximate surface area is 222 Å². The van der Waals surface area contributed by atoms with Crippen LogP contribution in [0.4, 0.5) is 8.78 Å². The van der Waals surface area contributed by atoms with Crippen LogP contribution in [-0.4, -0.2) is 23.7 Å². The third kappa shape index (κ3) is 6.51. The quantitative estimate of drug-likeness (QED) is 0.328. The van der Waals surface area contributed by atoms with Gasteiger partial charge >= 0.3 is 0 Å². The number of carbonyl (C=O) groups is 2. The average molecular weight is 576 g/mol. The first-order chi connectivity index (χ1) is 17.3. The van der Waals surface area contributed by atoms with Crippen LogP contribution in [0.3, 0.4) is 0 Å². The summed E-state index contributed by atoms with van der Waals surface area (Å²) in [6, 6.07) is 19.0. The molecule has 188 valence electrons. The molecule has 0 unspecified atom stereocenters. The summed E-state index contributed by atoms with van der Waals surface area (Å²) in [6.07, 6.45) is 1.76. The summed E-state index contributed by atoms with van der Waals surface area (Å²) in [6.45, 7) is 0. The lowest BCUT2D eigenvalue weighted by Gasteiger charge is -2.37. The minimum Gasteiger partial charge on any atom is -0.352 e. The van der Waals surface area contributed by atoms with E-state index in [0.29, 0.717) is 30.4 Å². The van der Waals surface area contributed by atoms with Gasteiger partial charge in [0.15, 0.2) is 0 Å². The second kappa shape index (κ2) is 12.0. The Hall–Kier alpha value is -2.77. The molecule has 36 heavy (non-hydrogen) atoms. The molecular weight excluding hydrogens is 550 g/mol. The van der Waals surface area contributed by atoms with E-state index >= 15 is 0 Å². The van der Waals surface area contributed by atoms with Crippen molar-refractivity contribution in [2.45, 2.75) is 37.3 Å². The SMILES string of the molecule is O=C(CCl)N[C@@H]1CC[C@@H](C(=O)NC(c2ccc(F)cc2)c2ccc(F)cc2)C[C@@H]1c1ccc(Br)cc1. The number of hydrogen-bond donors (Lipinski definition) is 2. The van der Waals surface area contributed by atoms with Gasteiger partial charge in [-0.2, -0.15) is 0 Å². The summed E-state index contributed by atoms with van der Waals surface area (Å²) in [5.74, 6) is -1.62. The van der Waals surface area contributed by atoms with Gasteiger partial charge in [-0.1, -0.05) is 52.3 Å². The Balaban J connectivity index is 1.57. The number of benzene rings is 3. The molecule has 1 fully saturated rings. The molecule has 1 saturated carbocycles. The van der Waals surface area contributed by atoms with Crippen molar-refractivity contribution in [2.24, 2.45) is 5.92 Å². The van der Waals surface area contributed by atoms with Gasteiger partial charge in [0.1, 0.15) is 17.5 Å². The Morgan fingerprint density at radius 1 is 0.889 bits per heavy atom. The van der Waals surface area contributed by atoms with Gasteiger partial charge in [-0.05, 0) is 72.4 Å². The summed E-state index contributed by atoms with van der Waals surface area (Å²) in [5.41, 5.74) is 2.43. The predicted octanol–water partition coefficient (Wildman–Crippen LogP) is 6.24. The maximum atomic E-state index is 13.6. The number of carbonyl (C=O) groups excluding carboxylic acids is 2. The number of nitrogens with one attached hydrogen (secondary N) is 2. The molecule has 0 spiro atoms. The van der Waals surface area contributed by atoms with Crippen LogP contribution in [0.5, 0.6) is 0 Å². The second-order valence-electron chi connectivity index (χ2n) is 9.02. The third-order valence-electron chi connectivity index (χ3n) is 6.68. The van der Waals surface area contributed by atoms with E-state index in [4.69, 9.17) is 11.6 Å². The monoisotopic (exact) mass is 574 g/mol. The lowest BCUT2D eigenvalue weighted by atomic mass is 9.74. The zero-order chi connectivity index (χ0) is 25.7. The fourth-order valence-electron chi connectivity index (χ4n) is 4.83. The van der Waals surface area contributed by atoms with Crippen molar-refractivity contribution >= 4 is 39.3 Å². The van der Waals surface area contributed by atoms with Gasteiger partial charge < -0.3 is 10.6 Å². The van der Waals surface area contributed by atoms with E-state index in [-0.39, 0.29) is 47.2 Å². The molecule has 1 aliphatic rings. The molecule has 3 aromatic carbocycles. The normalized spacial score (nSPS) is 19.6. The van der Waals surface area contributed by atoms with Gasteiger partial charge in [0.2, 0.25) is 11.8 Å². The van der Waals surface area contributed by atoms with Crippen molar-refractivity contribution in [3.05, 3.63) is 106 Å². The van der Waals surface area contributed by atoms with E-state index in [0.717, 1.165) is 10.0 Å². The fourth-order valence-corrected chi connectivity index (χ4v) is 5.18. The first kappa shape index (κ1) is 26.3. The molecule has 4 rings (SSSR count). The topological polar surface area (TPSA) is 58.2 Å². The number of amides is 2. The average Bonchev–Trinajstić information content (AvgIpc) is 2.89. The molecule has 0 aromatic heterocycles. The highest BCUT2D eigenvalue weighted by molar-refractivity contribution is 9.10. The molecule has 2 amide bonds. The van der Waals surface area contributed by atoms with Crippen LogP contribution in [0.15, 0.2) is 77.3 Å². The molecule has 0 aliphatic heterocycles. The molecule has 2 N–H and O–H groups in total. The summed E-state index contributed by atoms with van der Waals surface area (Å²) < 4.78 is 28.1. The van der Waals surface area contributed by atoms with E-state index in [1.165, 1.54) is 24.3 Å². The minimum absolute atomic E-state index is 0.0649. The second-order valence-corrected chi connectivity index (χ2v) is 10.2. The van der Waals surface area contributed by atoms with Gasteiger partial charge in [-0.25, -0.2) is 8.78 Å². The number of rotatable bonds is 7. The highest BCUT2D eigenvalue weighted by atomic mass is 79.9. The Morgan fingerprint density at radius 2 is 1.44 bits per heavy atom. The van der Waals surface area contributed by atoms with Gasteiger partial charge in [-0.3, -0.25) is 9.59 Å². The van der Waals surface area contributed by atoms with Crippen molar-refractivity contribution in [3.8, 4) is 0 Å². The van der Waals surface area contributed by atoms with Crippen molar-refractivity contribution in [3.63, 3.8) is 0 Å². The van der Waals surface area contributed by atoms with Crippen molar-refractivity contribution in [1.82, 2.24) is 10.6 Å².